The van der Waals surface area contributed by atoms with E-state index in [2.05, 4.69) is 37.3 Å². The van der Waals surface area contributed by atoms with Crippen LogP contribution in [0.4, 0.5) is 11.4 Å². The Morgan fingerprint density at radius 2 is 2.12 bits per heavy atom. The van der Waals surface area contributed by atoms with E-state index in [1.165, 1.54) is 0 Å². The van der Waals surface area contributed by atoms with Gasteiger partial charge in [0.2, 0.25) is 11.4 Å². The highest BCUT2D eigenvalue weighted by Gasteiger charge is 2.48. The Morgan fingerprint density at radius 1 is 1.24 bits per heavy atom. The summed E-state index contributed by atoms with van der Waals surface area (Å²) in [6.07, 6.45) is 0. The number of benzene rings is 2. The molecule has 1 amide bonds. The fourth-order valence-corrected chi connectivity index (χ4v) is 2.95. The van der Waals surface area contributed by atoms with E-state index in [-0.39, 0.29) is 0 Å². The standard InChI is InChI=1S/C16H10ClN7O/c17-10-4-5-13-12(7-10)16(8-18,15(25)19-13)20-11-3-1-2-9(6-11)14-21-23-24-22-14/h1-7,20H,(H,19,25)(H,21,22,23,24)/t16-/m1/s1. The van der Waals surface area contributed by atoms with E-state index in [1.54, 1.807) is 42.5 Å². The smallest absolute Gasteiger partial charge is 0.269 e. The first kappa shape index (κ1) is 15.1. The normalized spacial score (nSPS) is 18.3. The lowest BCUT2D eigenvalue weighted by Crippen LogP contribution is -2.40. The number of hydrogen-bond donors (Lipinski definition) is 3. The largest absolute Gasteiger partial charge is 0.356 e. The molecule has 122 valence electrons. The third kappa shape index (κ3) is 2.38. The van der Waals surface area contributed by atoms with Crippen molar-refractivity contribution in [1.29, 1.82) is 5.26 Å². The molecule has 1 aliphatic rings. The van der Waals surface area contributed by atoms with Gasteiger partial charge >= 0.3 is 0 Å². The van der Waals surface area contributed by atoms with E-state index in [1.807, 2.05) is 0 Å². The number of hydrogen-bond acceptors (Lipinski definition) is 6. The third-order valence-electron chi connectivity index (χ3n) is 3.94. The van der Waals surface area contributed by atoms with E-state index < -0.39 is 11.4 Å². The first-order valence-corrected chi connectivity index (χ1v) is 7.65. The average Bonchev–Trinajstić information content (AvgIpc) is 3.24. The summed E-state index contributed by atoms with van der Waals surface area (Å²) in [7, 11) is 0. The van der Waals surface area contributed by atoms with Crippen LogP contribution in [0.15, 0.2) is 42.5 Å². The second-order valence-electron chi connectivity index (χ2n) is 5.45. The van der Waals surface area contributed by atoms with Crippen LogP contribution in [-0.4, -0.2) is 26.5 Å². The lowest BCUT2D eigenvalue weighted by Gasteiger charge is -2.22. The minimum absolute atomic E-state index is 0.411. The highest BCUT2D eigenvalue weighted by Crippen LogP contribution is 2.39. The fourth-order valence-electron chi connectivity index (χ4n) is 2.77. The molecule has 0 spiro atoms. The highest BCUT2D eigenvalue weighted by atomic mass is 35.5. The van der Waals surface area contributed by atoms with Gasteiger partial charge in [0.25, 0.3) is 5.91 Å². The second-order valence-corrected chi connectivity index (χ2v) is 5.88. The van der Waals surface area contributed by atoms with Crippen LogP contribution < -0.4 is 10.6 Å². The van der Waals surface area contributed by atoms with Crippen molar-refractivity contribution in [3.05, 3.63) is 53.1 Å². The molecule has 0 radical (unpaired) electrons. The number of nitriles is 1. The number of halogens is 1. The number of anilines is 2. The molecule has 0 saturated heterocycles. The van der Waals surface area contributed by atoms with Gasteiger partial charge in [-0.1, -0.05) is 23.7 Å². The molecule has 0 aliphatic carbocycles. The third-order valence-corrected chi connectivity index (χ3v) is 4.18. The Hall–Kier alpha value is -3.44. The van der Waals surface area contributed by atoms with Gasteiger partial charge in [-0.05, 0) is 35.5 Å². The number of rotatable bonds is 3. The summed E-state index contributed by atoms with van der Waals surface area (Å²) in [5, 5.41) is 29.7. The van der Waals surface area contributed by atoms with Gasteiger partial charge in [0.05, 0.1) is 0 Å². The van der Waals surface area contributed by atoms with Crippen LogP contribution in [0.5, 0.6) is 0 Å². The molecule has 2 heterocycles. The molecule has 9 heteroatoms. The molecule has 1 atom stereocenters. The zero-order chi connectivity index (χ0) is 17.4. The number of aromatic amines is 1. The molecule has 3 aromatic rings. The molecule has 2 aromatic carbocycles. The van der Waals surface area contributed by atoms with Crippen LogP contribution in [0.3, 0.4) is 0 Å². The Morgan fingerprint density at radius 3 is 2.88 bits per heavy atom. The minimum atomic E-state index is -1.57. The predicted molar refractivity (Wildman–Crippen MR) is 90.6 cm³/mol. The van der Waals surface area contributed by atoms with Gasteiger partial charge < -0.3 is 10.6 Å². The van der Waals surface area contributed by atoms with Crippen molar-refractivity contribution in [2.24, 2.45) is 0 Å². The predicted octanol–water partition coefficient (Wildman–Crippen LogP) is 2.30. The van der Waals surface area contributed by atoms with Crippen LogP contribution in [0, 0.1) is 11.3 Å². The summed E-state index contributed by atoms with van der Waals surface area (Å²) in [5.74, 6) is -0.0498. The number of H-pyrrole nitrogens is 1. The Kier molecular flexibility index (Phi) is 3.37. The van der Waals surface area contributed by atoms with E-state index in [0.717, 1.165) is 0 Å². The van der Waals surface area contributed by atoms with Gasteiger partial charge in [0.1, 0.15) is 6.07 Å². The van der Waals surface area contributed by atoms with Crippen LogP contribution in [0.25, 0.3) is 11.4 Å². The van der Waals surface area contributed by atoms with Crippen molar-refractivity contribution < 1.29 is 4.79 Å². The van der Waals surface area contributed by atoms with Crippen molar-refractivity contribution in [2.45, 2.75) is 5.54 Å². The van der Waals surface area contributed by atoms with Crippen LogP contribution >= 0.6 is 11.6 Å². The second kappa shape index (κ2) is 5.58. The van der Waals surface area contributed by atoms with Gasteiger partial charge in [-0.15, -0.1) is 10.2 Å². The van der Waals surface area contributed by atoms with E-state index >= 15 is 0 Å². The molecule has 1 aromatic heterocycles. The minimum Gasteiger partial charge on any atom is -0.356 e. The summed E-state index contributed by atoms with van der Waals surface area (Å²) in [4.78, 5) is 12.5. The molecule has 0 saturated carbocycles. The maximum absolute atomic E-state index is 12.5. The Bertz CT molecular complexity index is 1010. The molecule has 1 aliphatic heterocycles. The number of fused-ring (bicyclic) bond motifs is 1. The van der Waals surface area contributed by atoms with Gasteiger partial charge in [-0.3, -0.25) is 4.79 Å². The molecule has 25 heavy (non-hydrogen) atoms. The van der Waals surface area contributed by atoms with Crippen LogP contribution in [-0.2, 0) is 10.3 Å². The maximum atomic E-state index is 12.5. The number of carbonyl (C=O) groups excluding carboxylic acids is 1. The lowest BCUT2D eigenvalue weighted by atomic mass is 9.92. The van der Waals surface area contributed by atoms with Gasteiger partial charge in [0, 0.05) is 27.5 Å². The number of nitrogens with zero attached hydrogens (tertiary/aromatic N) is 4. The number of aromatic nitrogens is 4. The summed E-state index contributed by atoms with van der Waals surface area (Å²) in [6, 6.07) is 14.1. The zero-order valence-electron chi connectivity index (χ0n) is 12.6. The number of tetrazole rings is 1. The topological polar surface area (TPSA) is 119 Å². The zero-order valence-corrected chi connectivity index (χ0v) is 13.4. The first-order chi connectivity index (χ1) is 12.1. The summed E-state index contributed by atoms with van der Waals surface area (Å²) >= 11 is 6.05. The van der Waals surface area contributed by atoms with Crippen LogP contribution in [0.2, 0.25) is 5.02 Å². The van der Waals surface area contributed by atoms with Crippen molar-refractivity contribution in [3.8, 4) is 17.5 Å². The number of carbonyl (C=O) groups is 1. The van der Waals surface area contributed by atoms with Gasteiger partial charge in [-0.2, -0.15) is 10.5 Å². The summed E-state index contributed by atoms with van der Waals surface area (Å²) in [5.41, 5.74) is 0.717. The molecule has 0 unspecified atom stereocenters. The quantitative estimate of drug-likeness (QED) is 0.666. The Balaban J connectivity index is 1.77. The highest BCUT2D eigenvalue weighted by molar-refractivity contribution is 6.31. The van der Waals surface area contributed by atoms with Gasteiger partial charge in [0.15, 0.2) is 0 Å². The maximum Gasteiger partial charge on any atom is 0.269 e. The molecule has 0 fully saturated rings. The summed E-state index contributed by atoms with van der Waals surface area (Å²) < 4.78 is 0. The van der Waals surface area contributed by atoms with E-state index in [0.29, 0.717) is 33.3 Å². The van der Waals surface area contributed by atoms with Crippen molar-refractivity contribution in [1.82, 2.24) is 20.6 Å². The molecule has 0 bridgehead atoms. The molecule has 8 nitrogen and oxygen atoms in total. The molecule has 3 N–H and O–H groups in total. The molecule has 4 rings (SSSR count). The van der Waals surface area contributed by atoms with Crippen molar-refractivity contribution in [2.75, 3.05) is 10.6 Å². The van der Waals surface area contributed by atoms with Crippen molar-refractivity contribution >= 4 is 28.9 Å². The lowest BCUT2D eigenvalue weighted by molar-refractivity contribution is -0.118. The summed E-state index contributed by atoms with van der Waals surface area (Å²) in [6.45, 7) is 0. The molecular weight excluding hydrogens is 342 g/mol. The average molecular weight is 352 g/mol. The van der Waals surface area contributed by atoms with Crippen molar-refractivity contribution in [3.63, 3.8) is 0 Å². The fraction of sp³-hybridized carbons (Fsp3) is 0.0625. The monoisotopic (exact) mass is 351 g/mol. The van der Waals surface area contributed by atoms with Gasteiger partial charge in [-0.25, -0.2) is 0 Å². The van der Waals surface area contributed by atoms with Crippen LogP contribution in [0.1, 0.15) is 5.56 Å². The Labute approximate surface area is 146 Å². The molecular formula is C16H10ClN7O. The van der Waals surface area contributed by atoms with E-state index in [4.69, 9.17) is 11.6 Å². The first-order valence-electron chi connectivity index (χ1n) is 7.27. The number of amides is 1. The SMILES string of the molecule is N#C[C@]1(Nc2cccc(-c3nn[nH]n3)c2)C(=O)Nc2ccc(Cl)cc21. The van der Waals surface area contributed by atoms with E-state index in [9.17, 15) is 10.1 Å². The number of nitrogens with one attached hydrogen (secondary N) is 3.